The Kier molecular flexibility index (Phi) is 5.28. The summed E-state index contributed by atoms with van der Waals surface area (Å²) in [5.74, 6) is 1.09. The minimum atomic E-state index is -0.107. The van der Waals surface area contributed by atoms with Gasteiger partial charge in [0.2, 0.25) is 5.91 Å². The molecule has 4 rings (SSSR count). The molecule has 2 fully saturated rings. The van der Waals surface area contributed by atoms with Crippen LogP contribution in [0.25, 0.3) is 11.0 Å². The quantitative estimate of drug-likeness (QED) is 0.773. The summed E-state index contributed by atoms with van der Waals surface area (Å²) in [4.78, 5) is 29.6. The van der Waals surface area contributed by atoms with Gasteiger partial charge in [-0.15, -0.1) is 0 Å². The highest BCUT2D eigenvalue weighted by Gasteiger charge is 2.49. The molecule has 1 aromatic heterocycles. The molecule has 0 radical (unpaired) electrons. The Balaban J connectivity index is 1.60. The van der Waals surface area contributed by atoms with Crippen LogP contribution < -0.4 is 4.74 Å². The second-order valence-electron chi connectivity index (χ2n) is 8.38. The number of fused-ring (bicyclic) bond motifs is 1. The van der Waals surface area contributed by atoms with E-state index in [9.17, 15) is 9.59 Å². The van der Waals surface area contributed by atoms with Crippen molar-refractivity contribution in [1.29, 1.82) is 0 Å². The number of ether oxygens (including phenoxy) is 1. The monoisotopic (exact) mass is 398 g/mol. The van der Waals surface area contributed by atoms with E-state index < -0.39 is 0 Å². The Morgan fingerprint density at radius 2 is 2.00 bits per heavy atom. The molecule has 1 saturated carbocycles. The summed E-state index contributed by atoms with van der Waals surface area (Å²) in [6, 6.07) is 7.34. The van der Waals surface area contributed by atoms with Gasteiger partial charge in [0.05, 0.1) is 13.2 Å². The van der Waals surface area contributed by atoms with Gasteiger partial charge in [0.1, 0.15) is 11.3 Å². The van der Waals surface area contributed by atoms with Crippen molar-refractivity contribution in [3.8, 4) is 5.75 Å². The zero-order valence-corrected chi connectivity index (χ0v) is 17.6. The van der Waals surface area contributed by atoms with Crippen LogP contribution in [0.1, 0.15) is 62.9 Å². The molecule has 1 spiro atoms. The fourth-order valence-electron chi connectivity index (χ4n) is 5.34. The third kappa shape index (κ3) is 3.49. The number of likely N-dealkylation sites (tertiary alicyclic amines) is 1. The summed E-state index contributed by atoms with van der Waals surface area (Å²) in [5, 5.41) is 0.851. The van der Waals surface area contributed by atoms with Crippen LogP contribution in [0.15, 0.2) is 28.7 Å². The maximum Gasteiger partial charge on any atom is 0.289 e. The number of amides is 2. The van der Waals surface area contributed by atoms with Crippen molar-refractivity contribution in [3.63, 3.8) is 0 Å². The molecule has 1 aliphatic heterocycles. The standard InChI is InChI=1S/C23H30N2O4/c1-4-24(18-14-23(10-6-5-7-11-23)25(15-18)16(2)26)22(27)21-13-17-12-19(28-3)8-9-20(17)29-21/h8-9,12-13,18H,4-7,10-11,14-15H2,1-3H3/t18-/m0/s1. The average molecular weight is 399 g/mol. The molecule has 2 amide bonds. The molecule has 6 heteroatoms. The highest BCUT2D eigenvalue weighted by Crippen LogP contribution is 2.43. The Morgan fingerprint density at radius 1 is 1.24 bits per heavy atom. The molecular weight excluding hydrogens is 368 g/mol. The summed E-state index contributed by atoms with van der Waals surface area (Å²) >= 11 is 0. The largest absolute Gasteiger partial charge is 0.497 e. The van der Waals surface area contributed by atoms with Crippen LogP contribution in [0.5, 0.6) is 5.75 Å². The first kappa shape index (κ1) is 19.8. The van der Waals surface area contributed by atoms with E-state index >= 15 is 0 Å². The van der Waals surface area contributed by atoms with Gasteiger partial charge in [0, 0.05) is 30.9 Å². The number of benzene rings is 1. The Bertz CT molecular complexity index is 913. The van der Waals surface area contributed by atoms with Gasteiger partial charge in [-0.3, -0.25) is 9.59 Å². The van der Waals surface area contributed by atoms with Crippen molar-refractivity contribution in [3.05, 3.63) is 30.0 Å². The topological polar surface area (TPSA) is 63.0 Å². The molecule has 29 heavy (non-hydrogen) atoms. The van der Waals surface area contributed by atoms with E-state index in [0.717, 1.165) is 43.2 Å². The molecule has 0 N–H and O–H groups in total. The zero-order chi connectivity index (χ0) is 20.6. The lowest BCUT2D eigenvalue weighted by Crippen LogP contribution is -2.47. The normalized spacial score (nSPS) is 20.9. The van der Waals surface area contributed by atoms with E-state index in [1.54, 1.807) is 20.1 Å². The molecule has 2 aromatic rings. The number of methoxy groups -OCH3 is 1. The highest BCUT2D eigenvalue weighted by molar-refractivity contribution is 5.96. The third-order valence-electron chi connectivity index (χ3n) is 6.72. The van der Waals surface area contributed by atoms with Gasteiger partial charge in [-0.05, 0) is 50.5 Å². The summed E-state index contributed by atoms with van der Waals surface area (Å²) in [6.45, 7) is 4.85. The third-order valence-corrected chi connectivity index (χ3v) is 6.72. The van der Waals surface area contributed by atoms with E-state index in [4.69, 9.17) is 9.15 Å². The smallest absolute Gasteiger partial charge is 0.289 e. The number of carbonyl (C=O) groups excluding carboxylic acids is 2. The molecular formula is C23H30N2O4. The van der Waals surface area contributed by atoms with Gasteiger partial charge >= 0.3 is 0 Å². The van der Waals surface area contributed by atoms with Crippen molar-refractivity contribution >= 4 is 22.8 Å². The second-order valence-corrected chi connectivity index (χ2v) is 8.38. The number of rotatable bonds is 4. The van der Waals surface area contributed by atoms with Crippen LogP contribution in [0, 0.1) is 0 Å². The predicted octanol–water partition coefficient (Wildman–Crippen LogP) is 4.23. The van der Waals surface area contributed by atoms with Gasteiger partial charge in [0.25, 0.3) is 5.91 Å². The number of carbonyl (C=O) groups is 2. The molecule has 1 aliphatic carbocycles. The SMILES string of the molecule is CCN(C(=O)c1cc2cc(OC)ccc2o1)[C@@H]1CN(C(C)=O)C2(CCCCC2)C1. The molecule has 156 valence electrons. The van der Waals surface area contributed by atoms with Crippen LogP contribution in [0.4, 0.5) is 0 Å². The molecule has 0 unspecified atom stereocenters. The van der Waals surface area contributed by atoms with Crippen LogP contribution in [0.3, 0.4) is 0 Å². The molecule has 0 bridgehead atoms. The van der Waals surface area contributed by atoms with E-state index in [1.165, 1.54) is 6.42 Å². The van der Waals surface area contributed by atoms with Crippen LogP contribution in [0.2, 0.25) is 0 Å². The zero-order valence-electron chi connectivity index (χ0n) is 17.6. The van der Waals surface area contributed by atoms with Gasteiger partial charge in [-0.2, -0.15) is 0 Å². The fraction of sp³-hybridized carbons (Fsp3) is 0.565. The van der Waals surface area contributed by atoms with Crippen LogP contribution in [-0.4, -0.2) is 53.4 Å². The van der Waals surface area contributed by atoms with Crippen molar-refractivity contribution in [1.82, 2.24) is 9.80 Å². The fourth-order valence-corrected chi connectivity index (χ4v) is 5.34. The number of likely N-dealkylation sites (N-methyl/N-ethyl adjacent to an activating group) is 1. The lowest BCUT2D eigenvalue weighted by atomic mass is 9.79. The first-order chi connectivity index (χ1) is 14.0. The van der Waals surface area contributed by atoms with Gasteiger partial charge in [-0.1, -0.05) is 19.3 Å². The van der Waals surface area contributed by atoms with E-state index in [1.807, 2.05) is 34.9 Å². The van der Waals surface area contributed by atoms with Crippen LogP contribution in [-0.2, 0) is 4.79 Å². The van der Waals surface area contributed by atoms with Crippen molar-refractivity contribution in [2.75, 3.05) is 20.2 Å². The number of nitrogens with zero attached hydrogens (tertiary/aromatic N) is 2. The first-order valence-electron chi connectivity index (χ1n) is 10.6. The number of furan rings is 1. The lowest BCUT2D eigenvalue weighted by molar-refractivity contribution is -0.134. The minimum Gasteiger partial charge on any atom is -0.497 e. The van der Waals surface area contributed by atoms with E-state index in [2.05, 4.69) is 0 Å². The highest BCUT2D eigenvalue weighted by atomic mass is 16.5. The Hall–Kier alpha value is -2.50. The molecule has 2 aliphatic rings. The summed E-state index contributed by atoms with van der Waals surface area (Å²) in [7, 11) is 1.62. The number of hydrogen-bond acceptors (Lipinski definition) is 4. The summed E-state index contributed by atoms with van der Waals surface area (Å²) in [5.41, 5.74) is 0.592. The Morgan fingerprint density at radius 3 is 2.66 bits per heavy atom. The molecule has 2 heterocycles. The molecule has 1 saturated heterocycles. The van der Waals surface area contributed by atoms with E-state index in [0.29, 0.717) is 24.4 Å². The van der Waals surface area contributed by atoms with Crippen molar-refractivity contribution in [2.24, 2.45) is 0 Å². The van der Waals surface area contributed by atoms with Crippen LogP contribution >= 0.6 is 0 Å². The lowest BCUT2D eigenvalue weighted by Gasteiger charge is -2.41. The maximum absolute atomic E-state index is 13.3. The Labute approximate surface area is 171 Å². The maximum atomic E-state index is 13.3. The second kappa shape index (κ2) is 7.73. The first-order valence-corrected chi connectivity index (χ1v) is 10.6. The summed E-state index contributed by atoms with van der Waals surface area (Å²) in [6.07, 6.45) is 6.49. The number of hydrogen-bond donors (Lipinski definition) is 0. The predicted molar refractivity (Wildman–Crippen MR) is 111 cm³/mol. The molecule has 1 aromatic carbocycles. The van der Waals surface area contributed by atoms with Gasteiger partial charge < -0.3 is 19.0 Å². The molecule has 6 nitrogen and oxygen atoms in total. The van der Waals surface area contributed by atoms with E-state index in [-0.39, 0.29) is 23.4 Å². The average Bonchev–Trinajstić information content (AvgIpc) is 3.30. The van der Waals surface area contributed by atoms with Gasteiger partial charge in [-0.25, -0.2) is 0 Å². The van der Waals surface area contributed by atoms with Crippen molar-refractivity contribution in [2.45, 2.75) is 64.0 Å². The van der Waals surface area contributed by atoms with Crippen molar-refractivity contribution < 1.29 is 18.7 Å². The minimum absolute atomic E-state index is 0.0252. The molecule has 1 atom stereocenters. The van der Waals surface area contributed by atoms with Gasteiger partial charge in [0.15, 0.2) is 5.76 Å². The summed E-state index contributed by atoms with van der Waals surface area (Å²) < 4.78 is 11.1.